The fraction of sp³-hybridized carbons (Fsp3) is 0.933. The van der Waals surface area contributed by atoms with Crippen LogP contribution in [0.5, 0.6) is 0 Å². The van der Waals surface area contributed by atoms with Crippen molar-refractivity contribution in [1.29, 1.82) is 0 Å². The SMILES string of the molecule is CN(CCNC(=O)C(N)C1CCOCC1)C1CCCC1.Cl.Cl. The van der Waals surface area contributed by atoms with Gasteiger partial charge in [-0.05, 0) is 38.6 Å². The van der Waals surface area contributed by atoms with Gasteiger partial charge in [0.05, 0.1) is 6.04 Å². The van der Waals surface area contributed by atoms with Crippen LogP contribution in [-0.4, -0.2) is 56.2 Å². The average Bonchev–Trinajstić information content (AvgIpc) is 3.01. The van der Waals surface area contributed by atoms with Gasteiger partial charge in [-0.2, -0.15) is 0 Å². The van der Waals surface area contributed by atoms with Crippen LogP contribution in [0.3, 0.4) is 0 Å². The third-order valence-corrected chi connectivity index (χ3v) is 4.79. The summed E-state index contributed by atoms with van der Waals surface area (Å²) in [6, 6.07) is 0.326. The molecule has 2 rings (SSSR count). The number of hydrogen-bond donors (Lipinski definition) is 2. The van der Waals surface area contributed by atoms with Crippen LogP contribution < -0.4 is 11.1 Å². The van der Waals surface area contributed by atoms with E-state index in [0.29, 0.717) is 12.6 Å². The molecule has 22 heavy (non-hydrogen) atoms. The van der Waals surface area contributed by atoms with Crippen molar-refractivity contribution in [3.05, 3.63) is 0 Å². The van der Waals surface area contributed by atoms with Gasteiger partial charge in [-0.15, -0.1) is 24.8 Å². The molecule has 5 nitrogen and oxygen atoms in total. The van der Waals surface area contributed by atoms with Gasteiger partial charge in [-0.25, -0.2) is 0 Å². The average molecular weight is 356 g/mol. The van der Waals surface area contributed by atoms with E-state index < -0.39 is 0 Å². The Morgan fingerprint density at radius 1 is 1.23 bits per heavy atom. The first-order valence-electron chi connectivity index (χ1n) is 8.00. The van der Waals surface area contributed by atoms with Crippen LogP contribution in [0, 0.1) is 5.92 Å². The van der Waals surface area contributed by atoms with Crippen molar-refractivity contribution in [2.75, 3.05) is 33.4 Å². The molecule has 1 aliphatic carbocycles. The van der Waals surface area contributed by atoms with E-state index in [4.69, 9.17) is 10.5 Å². The van der Waals surface area contributed by atoms with Gasteiger partial charge < -0.3 is 20.7 Å². The Labute approximate surface area is 146 Å². The number of likely N-dealkylation sites (N-methyl/N-ethyl adjacent to an activating group) is 1. The number of rotatable bonds is 6. The van der Waals surface area contributed by atoms with Gasteiger partial charge in [0.15, 0.2) is 0 Å². The Balaban J connectivity index is 0.00000220. The predicted octanol–water partition coefficient (Wildman–Crippen LogP) is 1.57. The summed E-state index contributed by atoms with van der Waals surface area (Å²) in [4.78, 5) is 14.4. The molecule has 0 aromatic carbocycles. The first-order valence-corrected chi connectivity index (χ1v) is 8.00. The molecule has 0 bridgehead atoms. The maximum Gasteiger partial charge on any atom is 0.237 e. The third kappa shape index (κ3) is 6.59. The zero-order chi connectivity index (χ0) is 14.4. The molecule has 0 aromatic heterocycles. The van der Waals surface area contributed by atoms with Crippen LogP contribution in [-0.2, 0) is 9.53 Å². The highest BCUT2D eigenvalue weighted by Gasteiger charge is 2.26. The number of nitrogens with zero attached hydrogens (tertiary/aromatic N) is 1. The summed E-state index contributed by atoms with van der Waals surface area (Å²) in [5.41, 5.74) is 6.05. The molecule has 3 N–H and O–H groups in total. The fourth-order valence-corrected chi connectivity index (χ4v) is 3.29. The zero-order valence-corrected chi connectivity index (χ0v) is 15.1. The molecule has 1 aliphatic heterocycles. The zero-order valence-electron chi connectivity index (χ0n) is 13.5. The van der Waals surface area contributed by atoms with Crippen LogP contribution >= 0.6 is 24.8 Å². The van der Waals surface area contributed by atoms with Crippen molar-refractivity contribution in [2.45, 2.75) is 50.6 Å². The minimum absolute atomic E-state index is 0. The van der Waals surface area contributed by atoms with Crippen LogP contribution in [0.2, 0.25) is 0 Å². The maximum absolute atomic E-state index is 12.0. The fourth-order valence-electron chi connectivity index (χ4n) is 3.29. The van der Waals surface area contributed by atoms with Gasteiger partial charge in [0.2, 0.25) is 5.91 Å². The van der Waals surface area contributed by atoms with E-state index in [1.807, 2.05) is 0 Å². The molecule has 2 aliphatic rings. The quantitative estimate of drug-likeness (QED) is 0.758. The van der Waals surface area contributed by atoms with Crippen LogP contribution in [0.15, 0.2) is 0 Å². The Bertz CT molecular complexity index is 309. The Hall–Kier alpha value is -0.0700. The molecule has 1 saturated heterocycles. The molecular weight excluding hydrogens is 325 g/mol. The van der Waals surface area contributed by atoms with Gasteiger partial charge in [0.25, 0.3) is 0 Å². The lowest BCUT2D eigenvalue weighted by Gasteiger charge is -2.27. The molecule has 1 heterocycles. The Morgan fingerprint density at radius 2 is 1.82 bits per heavy atom. The van der Waals surface area contributed by atoms with Crippen molar-refractivity contribution in [3.63, 3.8) is 0 Å². The number of carbonyl (C=O) groups excluding carboxylic acids is 1. The smallest absolute Gasteiger partial charge is 0.237 e. The summed E-state index contributed by atoms with van der Waals surface area (Å²) in [6.45, 7) is 3.08. The van der Waals surface area contributed by atoms with Gasteiger partial charge in [-0.1, -0.05) is 12.8 Å². The third-order valence-electron chi connectivity index (χ3n) is 4.79. The molecule has 2 fully saturated rings. The summed E-state index contributed by atoms with van der Waals surface area (Å²) in [7, 11) is 2.15. The second kappa shape index (κ2) is 11.5. The van der Waals surface area contributed by atoms with E-state index >= 15 is 0 Å². The lowest BCUT2D eigenvalue weighted by atomic mass is 9.92. The van der Waals surface area contributed by atoms with Crippen LogP contribution in [0.1, 0.15) is 38.5 Å². The minimum Gasteiger partial charge on any atom is -0.381 e. The highest BCUT2D eigenvalue weighted by molar-refractivity contribution is 5.85. The summed E-state index contributed by atoms with van der Waals surface area (Å²) >= 11 is 0. The van der Waals surface area contributed by atoms with E-state index in [1.54, 1.807) is 0 Å². The molecule has 0 radical (unpaired) electrons. The van der Waals surface area contributed by atoms with Gasteiger partial charge in [-0.3, -0.25) is 4.79 Å². The van der Waals surface area contributed by atoms with Crippen molar-refractivity contribution >= 4 is 30.7 Å². The molecule has 7 heteroatoms. The Morgan fingerprint density at radius 3 is 2.41 bits per heavy atom. The first-order chi connectivity index (χ1) is 9.68. The molecule has 0 aromatic rings. The number of carbonyl (C=O) groups is 1. The van der Waals surface area contributed by atoms with E-state index in [0.717, 1.165) is 32.6 Å². The lowest BCUT2D eigenvalue weighted by Crippen LogP contribution is -2.48. The first kappa shape index (κ1) is 21.9. The molecule has 1 unspecified atom stereocenters. The van der Waals surface area contributed by atoms with Crippen LogP contribution in [0.4, 0.5) is 0 Å². The highest BCUT2D eigenvalue weighted by atomic mass is 35.5. The highest BCUT2D eigenvalue weighted by Crippen LogP contribution is 2.22. The van der Waals surface area contributed by atoms with Gasteiger partial charge >= 0.3 is 0 Å². The normalized spacial score (nSPS) is 21.0. The summed E-state index contributed by atoms with van der Waals surface area (Å²) in [5, 5.41) is 2.99. The summed E-state index contributed by atoms with van der Waals surface area (Å²) in [5.74, 6) is 0.271. The van der Waals surface area contributed by atoms with E-state index in [2.05, 4.69) is 17.3 Å². The molecule has 1 atom stereocenters. The second-order valence-electron chi connectivity index (χ2n) is 6.19. The number of nitrogens with one attached hydrogen (secondary N) is 1. The van der Waals surface area contributed by atoms with Gasteiger partial charge in [0.1, 0.15) is 0 Å². The second-order valence-corrected chi connectivity index (χ2v) is 6.19. The van der Waals surface area contributed by atoms with Crippen molar-refractivity contribution in [1.82, 2.24) is 10.2 Å². The van der Waals surface area contributed by atoms with E-state index in [9.17, 15) is 4.79 Å². The molecule has 0 spiro atoms. The predicted molar refractivity (Wildman–Crippen MR) is 93.9 cm³/mol. The standard InChI is InChI=1S/C15H29N3O2.2ClH/c1-18(13-4-2-3-5-13)9-8-17-15(19)14(16)12-6-10-20-11-7-12;;/h12-14H,2-11,16H2,1H3,(H,17,19);2*1H. The van der Waals surface area contributed by atoms with Crippen molar-refractivity contribution in [2.24, 2.45) is 11.7 Å². The van der Waals surface area contributed by atoms with Gasteiger partial charge in [0, 0.05) is 32.3 Å². The monoisotopic (exact) mass is 355 g/mol. The summed E-state index contributed by atoms with van der Waals surface area (Å²) in [6.07, 6.45) is 7.08. The number of ether oxygens (including phenoxy) is 1. The number of halogens is 2. The topological polar surface area (TPSA) is 67.6 Å². The van der Waals surface area contributed by atoms with Crippen LogP contribution in [0.25, 0.3) is 0 Å². The lowest BCUT2D eigenvalue weighted by molar-refractivity contribution is -0.124. The van der Waals surface area contributed by atoms with E-state index in [1.165, 1.54) is 25.7 Å². The molecular formula is C15H31Cl2N3O2. The molecule has 1 saturated carbocycles. The number of amides is 1. The molecule has 1 amide bonds. The summed E-state index contributed by atoms with van der Waals surface area (Å²) < 4.78 is 5.31. The minimum atomic E-state index is -0.379. The number of hydrogen-bond acceptors (Lipinski definition) is 4. The van der Waals surface area contributed by atoms with Crippen molar-refractivity contribution in [3.8, 4) is 0 Å². The van der Waals surface area contributed by atoms with Crippen molar-refractivity contribution < 1.29 is 9.53 Å². The largest absolute Gasteiger partial charge is 0.381 e. The van der Waals surface area contributed by atoms with E-state index in [-0.39, 0.29) is 42.7 Å². The number of nitrogens with two attached hydrogens (primary N) is 1. The Kier molecular flexibility index (Phi) is 11.4. The maximum atomic E-state index is 12.0. The molecule has 132 valence electrons.